The van der Waals surface area contributed by atoms with Crippen LogP contribution in [0.15, 0.2) is 30.3 Å². The Balaban J connectivity index is 1.51. The van der Waals surface area contributed by atoms with Gasteiger partial charge in [0, 0.05) is 26.2 Å². The van der Waals surface area contributed by atoms with Crippen LogP contribution in [0, 0.1) is 0 Å². The molecule has 0 bridgehead atoms. The Kier molecular flexibility index (Phi) is 6.32. The second kappa shape index (κ2) is 8.50. The first-order chi connectivity index (χ1) is 12.5. The van der Waals surface area contributed by atoms with Crippen LogP contribution in [0.5, 0.6) is 0 Å². The SMILES string of the molecule is C[C@@H]1CCCC[NH+]1CC(=O)N1CCN(S(=O)(=O)Cc2ccccc2)CC1. The Morgan fingerprint density at radius 1 is 1.12 bits per heavy atom. The van der Waals surface area contributed by atoms with E-state index >= 15 is 0 Å². The third-order valence-corrected chi connectivity index (χ3v) is 7.49. The fourth-order valence-electron chi connectivity index (χ4n) is 3.91. The van der Waals surface area contributed by atoms with Crippen molar-refractivity contribution in [2.45, 2.75) is 38.0 Å². The van der Waals surface area contributed by atoms with E-state index in [0.29, 0.717) is 38.8 Å². The first kappa shape index (κ1) is 19.3. The fraction of sp³-hybridized carbons (Fsp3) is 0.632. The maximum Gasteiger partial charge on any atom is 0.277 e. The van der Waals surface area contributed by atoms with E-state index in [1.165, 1.54) is 28.5 Å². The number of nitrogens with one attached hydrogen (secondary N) is 1. The van der Waals surface area contributed by atoms with Crippen LogP contribution >= 0.6 is 0 Å². The summed E-state index contributed by atoms with van der Waals surface area (Å²) >= 11 is 0. The smallest absolute Gasteiger partial charge is 0.277 e. The van der Waals surface area contributed by atoms with Crippen molar-refractivity contribution in [3.63, 3.8) is 0 Å². The number of piperidine rings is 1. The van der Waals surface area contributed by atoms with Crippen molar-refractivity contribution >= 4 is 15.9 Å². The van der Waals surface area contributed by atoms with Gasteiger partial charge in [-0.3, -0.25) is 4.79 Å². The summed E-state index contributed by atoms with van der Waals surface area (Å²) in [6, 6.07) is 9.79. The van der Waals surface area contributed by atoms with Gasteiger partial charge in [-0.2, -0.15) is 4.31 Å². The van der Waals surface area contributed by atoms with Gasteiger partial charge in [0.1, 0.15) is 0 Å². The number of sulfonamides is 1. The van der Waals surface area contributed by atoms with Gasteiger partial charge in [0.25, 0.3) is 5.91 Å². The second-order valence-corrected chi connectivity index (χ2v) is 9.47. The molecule has 7 heteroatoms. The van der Waals surface area contributed by atoms with E-state index in [2.05, 4.69) is 6.92 Å². The van der Waals surface area contributed by atoms with Crippen molar-refractivity contribution in [2.24, 2.45) is 0 Å². The predicted octanol–water partition coefficient (Wildman–Crippen LogP) is 0.118. The number of quaternary nitrogens is 1. The number of likely N-dealkylation sites (tertiary alicyclic amines) is 1. The van der Waals surface area contributed by atoms with Crippen LogP contribution in [-0.2, 0) is 20.6 Å². The maximum absolute atomic E-state index is 12.6. The predicted molar refractivity (Wildman–Crippen MR) is 101 cm³/mol. The summed E-state index contributed by atoms with van der Waals surface area (Å²) in [5, 5.41) is 0. The minimum absolute atomic E-state index is 0.0250. The van der Waals surface area contributed by atoms with Gasteiger partial charge in [0.05, 0.1) is 18.3 Å². The molecule has 2 aliphatic heterocycles. The van der Waals surface area contributed by atoms with Crippen LogP contribution in [0.3, 0.4) is 0 Å². The molecule has 1 N–H and O–H groups in total. The molecule has 0 saturated carbocycles. The topological polar surface area (TPSA) is 62.1 Å². The first-order valence-corrected chi connectivity index (χ1v) is 11.2. The summed E-state index contributed by atoms with van der Waals surface area (Å²) in [5.41, 5.74) is 0.800. The molecule has 1 amide bonds. The van der Waals surface area contributed by atoms with Crippen molar-refractivity contribution in [2.75, 3.05) is 39.3 Å². The standard InChI is InChI=1S/C19H29N3O3S/c1-17-7-5-6-10-21(17)15-19(23)20-11-13-22(14-12-20)26(24,25)16-18-8-3-2-4-9-18/h2-4,8-9,17H,5-7,10-16H2,1H3/p+1/t17-/m1/s1. The second-order valence-electron chi connectivity index (χ2n) is 7.50. The first-order valence-electron chi connectivity index (χ1n) is 9.60. The summed E-state index contributed by atoms with van der Waals surface area (Å²) in [5.74, 6) is 0.186. The van der Waals surface area contributed by atoms with E-state index in [0.717, 1.165) is 12.1 Å². The van der Waals surface area contributed by atoms with Crippen LogP contribution in [0.1, 0.15) is 31.7 Å². The summed E-state index contributed by atoms with van der Waals surface area (Å²) in [4.78, 5) is 15.8. The van der Waals surface area contributed by atoms with Crippen LogP contribution in [0.2, 0.25) is 0 Å². The van der Waals surface area contributed by atoms with E-state index in [-0.39, 0.29) is 11.7 Å². The zero-order valence-electron chi connectivity index (χ0n) is 15.6. The molecule has 144 valence electrons. The minimum Gasteiger partial charge on any atom is -0.335 e. The third-order valence-electron chi connectivity index (χ3n) is 5.64. The van der Waals surface area contributed by atoms with E-state index in [1.807, 2.05) is 35.2 Å². The number of hydrogen-bond donors (Lipinski definition) is 1. The lowest BCUT2D eigenvalue weighted by molar-refractivity contribution is -0.921. The number of carbonyl (C=O) groups is 1. The molecule has 2 aliphatic rings. The quantitative estimate of drug-likeness (QED) is 0.789. The highest BCUT2D eigenvalue weighted by atomic mass is 32.2. The molecule has 0 aromatic heterocycles. The highest BCUT2D eigenvalue weighted by Gasteiger charge is 2.31. The van der Waals surface area contributed by atoms with E-state index in [1.54, 1.807) is 0 Å². The normalized spacial score (nSPS) is 25.2. The lowest BCUT2D eigenvalue weighted by Gasteiger charge is -2.36. The number of hydrogen-bond acceptors (Lipinski definition) is 3. The number of rotatable bonds is 5. The Hall–Kier alpha value is -1.44. The van der Waals surface area contributed by atoms with Gasteiger partial charge in [-0.1, -0.05) is 30.3 Å². The Morgan fingerprint density at radius 2 is 1.81 bits per heavy atom. The lowest BCUT2D eigenvalue weighted by Crippen LogP contribution is -3.17. The van der Waals surface area contributed by atoms with Crippen molar-refractivity contribution in [3.8, 4) is 0 Å². The van der Waals surface area contributed by atoms with Gasteiger partial charge in [-0.25, -0.2) is 8.42 Å². The minimum atomic E-state index is -3.33. The Labute approximate surface area is 156 Å². The van der Waals surface area contributed by atoms with E-state index in [9.17, 15) is 13.2 Å². The molecular weight excluding hydrogens is 350 g/mol. The highest BCUT2D eigenvalue weighted by molar-refractivity contribution is 7.88. The highest BCUT2D eigenvalue weighted by Crippen LogP contribution is 2.13. The average molecular weight is 381 g/mol. The molecule has 1 unspecified atom stereocenters. The van der Waals surface area contributed by atoms with Gasteiger partial charge in [0.15, 0.2) is 6.54 Å². The summed E-state index contributed by atoms with van der Waals surface area (Å²) in [6.45, 7) is 5.60. The van der Waals surface area contributed by atoms with Crippen molar-refractivity contribution in [3.05, 3.63) is 35.9 Å². The van der Waals surface area contributed by atoms with Crippen molar-refractivity contribution in [1.82, 2.24) is 9.21 Å². The van der Waals surface area contributed by atoms with Crippen LogP contribution in [-0.4, -0.2) is 68.8 Å². The van der Waals surface area contributed by atoms with Crippen molar-refractivity contribution < 1.29 is 18.1 Å². The fourth-order valence-corrected chi connectivity index (χ4v) is 5.43. The molecular formula is C19H30N3O3S+. The van der Waals surface area contributed by atoms with Crippen LogP contribution < -0.4 is 4.90 Å². The Bertz CT molecular complexity index is 700. The Morgan fingerprint density at radius 3 is 2.46 bits per heavy atom. The third kappa shape index (κ3) is 4.84. The zero-order valence-corrected chi connectivity index (χ0v) is 16.4. The molecule has 0 spiro atoms. The molecule has 0 aliphatic carbocycles. The lowest BCUT2D eigenvalue weighted by atomic mass is 10.0. The van der Waals surface area contributed by atoms with Crippen molar-refractivity contribution in [1.29, 1.82) is 0 Å². The summed E-state index contributed by atoms with van der Waals surface area (Å²) in [7, 11) is -3.33. The van der Waals surface area contributed by atoms with Crippen LogP contribution in [0.4, 0.5) is 0 Å². The monoisotopic (exact) mass is 380 g/mol. The molecule has 0 radical (unpaired) electrons. The number of carbonyl (C=O) groups excluding carboxylic acids is 1. The van der Waals surface area contributed by atoms with Gasteiger partial charge >= 0.3 is 0 Å². The number of benzene rings is 1. The molecule has 1 aromatic carbocycles. The summed E-state index contributed by atoms with van der Waals surface area (Å²) in [6.07, 6.45) is 3.64. The molecule has 26 heavy (non-hydrogen) atoms. The number of nitrogens with zero attached hydrogens (tertiary/aromatic N) is 2. The largest absolute Gasteiger partial charge is 0.335 e. The molecule has 2 fully saturated rings. The average Bonchev–Trinajstić information content (AvgIpc) is 2.64. The van der Waals surface area contributed by atoms with Gasteiger partial charge in [-0.05, 0) is 31.7 Å². The number of piperazine rings is 1. The van der Waals surface area contributed by atoms with E-state index in [4.69, 9.17) is 0 Å². The molecule has 6 nitrogen and oxygen atoms in total. The molecule has 1 aromatic rings. The summed E-state index contributed by atoms with van der Waals surface area (Å²) < 4.78 is 26.7. The molecule has 2 heterocycles. The maximum atomic E-state index is 12.6. The van der Waals surface area contributed by atoms with Crippen LogP contribution in [0.25, 0.3) is 0 Å². The number of amides is 1. The zero-order chi connectivity index (χ0) is 18.6. The van der Waals surface area contributed by atoms with E-state index < -0.39 is 10.0 Å². The van der Waals surface area contributed by atoms with Gasteiger partial charge in [0.2, 0.25) is 10.0 Å². The van der Waals surface area contributed by atoms with Gasteiger partial charge < -0.3 is 9.80 Å². The van der Waals surface area contributed by atoms with Gasteiger partial charge in [-0.15, -0.1) is 0 Å². The molecule has 3 rings (SSSR count). The molecule has 2 atom stereocenters. The molecule has 2 saturated heterocycles.